The fourth-order valence-corrected chi connectivity index (χ4v) is 3.07. The van der Waals surface area contributed by atoms with Crippen LogP contribution in [0.4, 0.5) is 5.69 Å². The molecule has 1 atom stereocenters. The van der Waals surface area contributed by atoms with Crippen LogP contribution in [0.25, 0.3) is 0 Å². The topological polar surface area (TPSA) is 41.6 Å². The molecule has 4 heteroatoms. The number of amides is 1. The molecule has 1 fully saturated rings. The van der Waals surface area contributed by atoms with Gasteiger partial charge >= 0.3 is 0 Å². The number of para-hydroxylation sites is 2. The first-order chi connectivity index (χ1) is 9.64. The van der Waals surface area contributed by atoms with Crippen molar-refractivity contribution in [3.05, 3.63) is 24.3 Å². The van der Waals surface area contributed by atoms with Crippen LogP contribution in [0.2, 0.25) is 0 Å². The van der Waals surface area contributed by atoms with Gasteiger partial charge in [-0.25, -0.2) is 0 Å². The van der Waals surface area contributed by atoms with E-state index < -0.39 is 5.54 Å². The molecule has 0 saturated carbocycles. The Kier molecular flexibility index (Phi) is 4.65. The molecule has 20 heavy (non-hydrogen) atoms. The summed E-state index contributed by atoms with van der Waals surface area (Å²) >= 11 is 0. The number of methoxy groups -OCH3 is 1. The number of benzene rings is 1. The first-order valence-corrected chi connectivity index (χ1v) is 7.31. The molecule has 110 valence electrons. The minimum Gasteiger partial charge on any atom is -0.495 e. The molecule has 0 bridgehead atoms. The monoisotopic (exact) mass is 276 g/mol. The smallest absolute Gasteiger partial charge is 0.247 e. The van der Waals surface area contributed by atoms with E-state index in [2.05, 4.69) is 12.2 Å². The number of nitrogens with zero attached hydrogens (tertiary/aromatic N) is 1. The number of carbonyl (C=O) groups excluding carboxylic acids is 1. The maximum Gasteiger partial charge on any atom is 0.247 e. The molecule has 1 aliphatic rings. The molecular formula is C16H24N2O2. The highest BCUT2D eigenvalue weighted by Crippen LogP contribution is 2.32. The van der Waals surface area contributed by atoms with Crippen LogP contribution in [-0.2, 0) is 4.79 Å². The van der Waals surface area contributed by atoms with Crippen molar-refractivity contribution in [3.8, 4) is 5.75 Å². The minimum atomic E-state index is -0.398. The number of nitrogens with one attached hydrogen (secondary N) is 1. The van der Waals surface area contributed by atoms with Gasteiger partial charge in [-0.3, -0.25) is 4.79 Å². The van der Waals surface area contributed by atoms with E-state index in [1.54, 1.807) is 12.0 Å². The third-order valence-electron chi connectivity index (χ3n) is 4.08. The number of rotatable bonds is 5. The summed E-state index contributed by atoms with van der Waals surface area (Å²) in [6.45, 7) is 3.05. The molecule has 1 aromatic carbocycles. The molecule has 0 radical (unpaired) electrons. The van der Waals surface area contributed by atoms with Gasteiger partial charge in [0.2, 0.25) is 5.91 Å². The zero-order valence-corrected chi connectivity index (χ0v) is 12.6. The second kappa shape index (κ2) is 6.27. The van der Waals surface area contributed by atoms with Gasteiger partial charge in [0.05, 0.1) is 18.3 Å². The molecule has 1 aromatic rings. The van der Waals surface area contributed by atoms with Gasteiger partial charge in [-0.15, -0.1) is 0 Å². The van der Waals surface area contributed by atoms with E-state index in [-0.39, 0.29) is 5.91 Å². The lowest BCUT2D eigenvalue weighted by Gasteiger charge is -2.33. The Morgan fingerprint density at radius 3 is 2.80 bits per heavy atom. The van der Waals surface area contributed by atoms with E-state index >= 15 is 0 Å². The van der Waals surface area contributed by atoms with Crippen LogP contribution < -0.4 is 15.0 Å². The summed E-state index contributed by atoms with van der Waals surface area (Å²) in [4.78, 5) is 14.7. The Morgan fingerprint density at radius 1 is 1.45 bits per heavy atom. The number of hydrogen-bond donors (Lipinski definition) is 1. The summed E-state index contributed by atoms with van der Waals surface area (Å²) < 4.78 is 5.36. The predicted molar refractivity (Wildman–Crippen MR) is 81.3 cm³/mol. The van der Waals surface area contributed by atoms with Crippen molar-refractivity contribution in [2.24, 2.45) is 0 Å². The number of anilines is 1. The lowest BCUT2D eigenvalue weighted by Crippen LogP contribution is -2.54. The Bertz CT molecular complexity index is 467. The standard InChI is InChI=1S/C16H24N2O2/c1-4-10-16(11-7-12-17-16)15(19)18(2)13-8-5-6-9-14(13)20-3/h5-6,8-9,17H,4,7,10-12H2,1-3H3. The fraction of sp³-hybridized carbons (Fsp3) is 0.562. The predicted octanol–water partition coefficient (Wildman–Crippen LogP) is 2.58. The molecule has 1 heterocycles. The molecular weight excluding hydrogens is 252 g/mol. The Hall–Kier alpha value is -1.55. The van der Waals surface area contributed by atoms with Crippen LogP contribution >= 0.6 is 0 Å². The summed E-state index contributed by atoms with van der Waals surface area (Å²) in [5.41, 5.74) is 0.425. The zero-order valence-electron chi connectivity index (χ0n) is 12.6. The van der Waals surface area contributed by atoms with Crippen LogP contribution in [0.3, 0.4) is 0 Å². The summed E-state index contributed by atoms with van der Waals surface area (Å²) in [6.07, 6.45) is 3.86. The zero-order chi connectivity index (χ0) is 14.6. The Balaban J connectivity index is 2.27. The number of likely N-dealkylation sites (N-methyl/N-ethyl adjacent to an activating group) is 1. The van der Waals surface area contributed by atoms with Gasteiger partial charge in [0.1, 0.15) is 5.75 Å². The van der Waals surface area contributed by atoms with E-state index in [9.17, 15) is 4.79 Å². The fourth-order valence-electron chi connectivity index (χ4n) is 3.07. The van der Waals surface area contributed by atoms with Crippen LogP contribution in [0.5, 0.6) is 5.75 Å². The number of carbonyl (C=O) groups is 1. The summed E-state index contributed by atoms with van der Waals surface area (Å²) in [5, 5.41) is 3.43. The van der Waals surface area contributed by atoms with Gasteiger partial charge in [-0.2, -0.15) is 0 Å². The number of ether oxygens (including phenoxy) is 1. The van der Waals surface area contributed by atoms with Crippen molar-refractivity contribution < 1.29 is 9.53 Å². The van der Waals surface area contributed by atoms with E-state index in [4.69, 9.17) is 4.74 Å². The van der Waals surface area contributed by atoms with E-state index in [1.165, 1.54) is 0 Å². The molecule has 1 unspecified atom stereocenters. The molecule has 1 amide bonds. The van der Waals surface area contributed by atoms with Crippen LogP contribution in [0, 0.1) is 0 Å². The molecule has 2 rings (SSSR count). The first kappa shape index (κ1) is 14.9. The van der Waals surface area contributed by atoms with Crippen LogP contribution in [0.1, 0.15) is 32.6 Å². The third-order valence-corrected chi connectivity index (χ3v) is 4.08. The van der Waals surface area contributed by atoms with Crippen molar-refractivity contribution in [1.29, 1.82) is 0 Å². The van der Waals surface area contributed by atoms with Gasteiger partial charge in [0.15, 0.2) is 0 Å². The lowest BCUT2D eigenvalue weighted by molar-refractivity contribution is -0.124. The van der Waals surface area contributed by atoms with Gasteiger partial charge in [0.25, 0.3) is 0 Å². The van der Waals surface area contributed by atoms with Gasteiger partial charge < -0.3 is 15.0 Å². The minimum absolute atomic E-state index is 0.140. The highest BCUT2D eigenvalue weighted by molar-refractivity contribution is 6.01. The molecule has 0 aliphatic carbocycles. The summed E-state index contributed by atoms with van der Waals surface area (Å²) in [6, 6.07) is 7.64. The Labute approximate surface area is 121 Å². The maximum absolute atomic E-state index is 12.9. The molecule has 1 aliphatic heterocycles. The second-order valence-electron chi connectivity index (χ2n) is 5.40. The summed E-state index contributed by atoms with van der Waals surface area (Å²) in [5.74, 6) is 0.870. The third kappa shape index (κ3) is 2.66. The SMILES string of the molecule is CCCC1(C(=O)N(C)c2ccccc2OC)CCCN1. The average Bonchev–Trinajstić information content (AvgIpc) is 2.96. The van der Waals surface area contributed by atoms with E-state index in [0.29, 0.717) is 0 Å². The van der Waals surface area contributed by atoms with Crippen LogP contribution in [-0.4, -0.2) is 32.1 Å². The highest BCUT2D eigenvalue weighted by Gasteiger charge is 2.42. The largest absolute Gasteiger partial charge is 0.495 e. The average molecular weight is 276 g/mol. The molecule has 0 aromatic heterocycles. The number of hydrogen-bond acceptors (Lipinski definition) is 3. The first-order valence-electron chi connectivity index (χ1n) is 7.31. The molecule has 1 N–H and O–H groups in total. The van der Waals surface area contributed by atoms with E-state index in [0.717, 1.165) is 43.7 Å². The van der Waals surface area contributed by atoms with Crippen molar-refractivity contribution >= 4 is 11.6 Å². The molecule has 4 nitrogen and oxygen atoms in total. The van der Waals surface area contributed by atoms with E-state index in [1.807, 2.05) is 31.3 Å². The normalized spacial score (nSPS) is 21.8. The van der Waals surface area contributed by atoms with Crippen molar-refractivity contribution in [3.63, 3.8) is 0 Å². The summed E-state index contributed by atoms with van der Waals surface area (Å²) in [7, 11) is 3.46. The lowest BCUT2D eigenvalue weighted by atomic mass is 9.90. The van der Waals surface area contributed by atoms with Gasteiger partial charge in [0, 0.05) is 7.05 Å². The second-order valence-corrected chi connectivity index (χ2v) is 5.40. The van der Waals surface area contributed by atoms with Crippen molar-refractivity contribution in [2.45, 2.75) is 38.1 Å². The quantitative estimate of drug-likeness (QED) is 0.898. The van der Waals surface area contributed by atoms with Crippen molar-refractivity contribution in [1.82, 2.24) is 5.32 Å². The molecule has 0 spiro atoms. The van der Waals surface area contributed by atoms with Gasteiger partial charge in [-0.05, 0) is 37.9 Å². The highest BCUT2D eigenvalue weighted by atomic mass is 16.5. The Morgan fingerprint density at radius 2 is 2.20 bits per heavy atom. The van der Waals surface area contributed by atoms with Gasteiger partial charge in [-0.1, -0.05) is 25.5 Å². The molecule has 1 saturated heterocycles. The maximum atomic E-state index is 12.9. The van der Waals surface area contributed by atoms with Crippen molar-refractivity contribution in [2.75, 3.05) is 25.6 Å². The van der Waals surface area contributed by atoms with Crippen LogP contribution in [0.15, 0.2) is 24.3 Å².